The number of amides is 1. The Hall–Kier alpha value is -1.44. The van der Waals surface area contributed by atoms with E-state index in [0.29, 0.717) is 32.7 Å². The molecule has 3 fully saturated rings. The third-order valence-electron chi connectivity index (χ3n) is 6.91. The fraction of sp³-hybridized carbons (Fsp3) is 0.682. The van der Waals surface area contributed by atoms with Crippen LogP contribution in [0.5, 0.6) is 0 Å². The van der Waals surface area contributed by atoms with Crippen LogP contribution in [0.1, 0.15) is 37.7 Å². The van der Waals surface area contributed by atoms with E-state index in [4.69, 9.17) is 0 Å². The van der Waals surface area contributed by atoms with E-state index in [1.807, 2.05) is 35.2 Å². The van der Waals surface area contributed by atoms with Crippen LogP contribution in [0, 0.1) is 11.8 Å². The molecule has 2 aliphatic heterocycles. The van der Waals surface area contributed by atoms with Gasteiger partial charge in [-0.25, -0.2) is 8.42 Å². The standard InChI is InChI=1S/C22H33N3O3S/c26-22(17-23-11-10-20-8-4-5-9-21(20)16-23)24-12-14-25(15-13-24)29(27,28)18-19-6-2-1-3-7-19/h1-3,6-7,20-21H,4-5,8-18H2/t20-,21+/m0/s1. The van der Waals surface area contributed by atoms with E-state index >= 15 is 0 Å². The number of likely N-dealkylation sites (tertiary alicyclic amines) is 1. The molecule has 2 atom stereocenters. The van der Waals surface area contributed by atoms with E-state index in [1.165, 1.54) is 36.4 Å². The SMILES string of the molecule is O=C(CN1CC[C@@H]2CCCC[C@@H]2C1)N1CCN(S(=O)(=O)Cc2ccccc2)CC1. The normalized spacial score (nSPS) is 26.8. The second-order valence-corrected chi connectivity index (χ2v) is 10.8. The van der Waals surface area contributed by atoms with Crippen molar-refractivity contribution in [3.05, 3.63) is 35.9 Å². The first-order valence-electron chi connectivity index (χ1n) is 11.0. The molecule has 29 heavy (non-hydrogen) atoms. The van der Waals surface area contributed by atoms with Gasteiger partial charge in [-0.15, -0.1) is 0 Å². The van der Waals surface area contributed by atoms with Crippen molar-refractivity contribution >= 4 is 15.9 Å². The molecule has 6 nitrogen and oxygen atoms in total. The Morgan fingerprint density at radius 2 is 1.59 bits per heavy atom. The number of piperazine rings is 1. The summed E-state index contributed by atoms with van der Waals surface area (Å²) in [5.74, 6) is 1.82. The van der Waals surface area contributed by atoms with Gasteiger partial charge in [0.15, 0.2) is 0 Å². The first kappa shape index (κ1) is 20.8. The quantitative estimate of drug-likeness (QED) is 0.734. The van der Waals surface area contributed by atoms with Gasteiger partial charge in [-0.3, -0.25) is 9.69 Å². The largest absolute Gasteiger partial charge is 0.339 e. The minimum Gasteiger partial charge on any atom is -0.339 e. The molecule has 1 saturated carbocycles. The van der Waals surface area contributed by atoms with Crippen molar-refractivity contribution in [3.63, 3.8) is 0 Å². The smallest absolute Gasteiger partial charge is 0.236 e. The number of hydrogen-bond donors (Lipinski definition) is 0. The molecule has 0 aromatic heterocycles. The number of nitrogens with zero attached hydrogens (tertiary/aromatic N) is 3. The topological polar surface area (TPSA) is 60.9 Å². The monoisotopic (exact) mass is 419 g/mol. The van der Waals surface area contributed by atoms with Gasteiger partial charge in [-0.1, -0.05) is 49.6 Å². The van der Waals surface area contributed by atoms with Gasteiger partial charge in [0.1, 0.15) is 0 Å². The maximum Gasteiger partial charge on any atom is 0.236 e. The maximum absolute atomic E-state index is 12.8. The average molecular weight is 420 g/mol. The van der Waals surface area contributed by atoms with Crippen LogP contribution in [0.15, 0.2) is 30.3 Å². The van der Waals surface area contributed by atoms with E-state index in [2.05, 4.69) is 4.90 Å². The molecule has 0 radical (unpaired) electrons. The van der Waals surface area contributed by atoms with Gasteiger partial charge < -0.3 is 4.90 Å². The molecule has 1 aromatic carbocycles. The lowest BCUT2D eigenvalue weighted by atomic mass is 9.75. The summed E-state index contributed by atoms with van der Waals surface area (Å²) in [7, 11) is -3.34. The second kappa shape index (κ2) is 9.14. The predicted octanol–water partition coefficient (Wildman–Crippen LogP) is 2.17. The van der Waals surface area contributed by atoms with Crippen molar-refractivity contribution in [2.24, 2.45) is 11.8 Å². The maximum atomic E-state index is 12.8. The predicted molar refractivity (Wildman–Crippen MR) is 114 cm³/mol. The van der Waals surface area contributed by atoms with Crippen LogP contribution in [0.3, 0.4) is 0 Å². The van der Waals surface area contributed by atoms with E-state index < -0.39 is 10.0 Å². The Morgan fingerprint density at radius 3 is 2.31 bits per heavy atom. The van der Waals surface area contributed by atoms with Gasteiger partial charge in [0, 0.05) is 32.7 Å². The Morgan fingerprint density at radius 1 is 0.897 bits per heavy atom. The fourth-order valence-corrected chi connectivity index (χ4v) is 6.72. The number of fused-ring (bicyclic) bond motifs is 1. The summed E-state index contributed by atoms with van der Waals surface area (Å²) in [5.41, 5.74) is 0.803. The zero-order chi connectivity index (χ0) is 20.3. The zero-order valence-corrected chi connectivity index (χ0v) is 18.0. The van der Waals surface area contributed by atoms with Crippen molar-refractivity contribution < 1.29 is 13.2 Å². The molecule has 4 rings (SSSR count). The van der Waals surface area contributed by atoms with E-state index in [1.54, 1.807) is 0 Å². The van der Waals surface area contributed by atoms with Crippen molar-refractivity contribution in [1.82, 2.24) is 14.1 Å². The Kier molecular flexibility index (Phi) is 6.56. The highest BCUT2D eigenvalue weighted by Gasteiger charge is 2.33. The first-order chi connectivity index (χ1) is 14.0. The van der Waals surface area contributed by atoms with Crippen molar-refractivity contribution in [1.29, 1.82) is 0 Å². The Balaban J connectivity index is 1.25. The van der Waals surface area contributed by atoms with Crippen LogP contribution in [0.4, 0.5) is 0 Å². The number of benzene rings is 1. The summed E-state index contributed by atoms with van der Waals surface area (Å²) in [6, 6.07) is 9.28. The molecule has 2 heterocycles. The molecule has 3 aliphatic rings. The van der Waals surface area contributed by atoms with Crippen LogP contribution in [0.25, 0.3) is 0 Å². The van der Waals surface area contributed by atoms with Crippen LogP contribution in [0.2, 0.25) is 0 Å². The van der Waals surface area contributed by atoms with Gasteiger partial charge in [0.25, 0.3) is 0 Å². The number of hydrogen-bond acceptors (Lipinski definition) is 4. The fourth-order valence-electron chi connectivity index (χ4n) is 5.20. The van der Waals surface area contributed by atoms with Gasteiger partial charge in [0.2, 0.25) is 15.9 Å². The van der Waals surface area contributed by atoms with Crippen LogP contribution < -0.4 is 0 Å². The lowest BCUT2D eigenvalue weighted by Gasteiger charge is -2.42. The summed E-state index contributed by atoms with van der Waals surface area (Å²) < 4.78 is 26.9. The third kappa shape index (κ3) is 5.19. The highest BCUT2D eigenvalue weighted by molar-refractivity contribution is 7.88. The van der Waals surface area contributed by atoms with Crippen molar-refractivity contribution in [2.75, 3.05) is 45.8 Å². The van der Waals surface area contributed by atoms with E-state index in [0.717, 1.165) is 30.5 Å². The zero-order valence-electron chi connectivity index (χ0n) is 17.2. The van der Waals surface area contributed by atoms with Crippen LogP contribution in [-0.2, 0) is 20.6 Å². The molecule has 7 heteroatoms. The lowest BCUT2D eigenvalue weighted by Crippen LogP contribution is -2.53. The van der Waals surface area contributed by atoms with E-state index in [9.17, 15) is 13.2 Å². The van der Waals surface area contributed by atoms with Crippen LogP contribution in [-0.4, -0.2) is 74.2 Å². The van der Waals surface area contributed by atoms with Gasteiger partial charge >= 0.3 is 0 Å². The summed E-state index contributed by atoms with van der Waals surface area (Å²) in [5, 5.41) is 0. The van der Waals surface area contributed by atoms with Gasteiger partial charge in [-0.05, 0) is 36.8 Å². The number of carbonyl (C=O) groups is 1. The second-order valence-electron chi connectivity index (χ2n) is 8.85. The molecule has 160 valence electrons. The molecular formula is C22H33N3O3S. The Labute approximate surface area is 174 Å². The number of piperidine rings is 1. The number of rotatable bonds is 5. The average Bonchev–Trinajstić information content (AvgIpc) is 2.74. The molecule has 0 N–H and O–H groups in total. The van der Waals surface area contributed by atoms with Crippen molar-refractivity contribution in [3.8, 4) is 0 Å². The summed E-state index contributed by atoms with van der Waals surface area (Å²) in [4.78, 5) is 17.0. The Bertz CT molecular complexity index is 791. The summed E-state index contributed by atoms with van der Waals surface area (Å²) in [6.07, 6.45) is 6.61. The number of sulfonamides is 1. The van der Waals surface area contributed by atoms with Gasteiger partial charge in [-0.2, -0.15) is 4.31 Å². The highest BCUT2D eigenvalue weighted by Crippen LogP contribution is 2.35. The molecule has 1 aliphatic carbocycles. The molecule has 1 amide bonds. The highest BCUT2D eigenvalue weighted by atomic mass is 32.2. The minimum atomic E-state index is -3.34. The summed E-state index contributed by atoms with van der Waals surface area (Å²) >= 11 is 0. The van der Waals surface area contributed by atoms with E-state index in [-0.39, 0.29) is 11.7 Å². The third-order valence-corrected chi connectivity index (χ3v) is 8.76. The molecule has 0 bridgehead atoms. The molecular weight excluding hydrogens is 386 g/mol. The summed E-state index contributed by atoms with van der Waals surface area (Å²) in [6.45, 7) is 4.34. The molecule has 0 unspecified atom stereocenters. The molecule has 0 spiro atoms. The lowest BCUT2D eigenvalue weighted by molar-refractivity contribution is -0.134. The molecule has 2 saturated heterocycles. The van der Waals surface area contributed by atoms with Gasteiger partial charge in [0.05, 0.1) is 12.3 Å². The first-order valence-corrected chi connectivity index (χ1v) is 12.6. The number of carbonyl (C=O) groups excluding carboxylic acids is 1. The minimum absolute atomic E-state index is 0.0259. The molecule has 1 aromatic rings. The van der Waals surface area contributed by atoms with Crippen molar-refractivity contribution in [2.45, 2.75) is 37.9 Å². The van der Waals surface area contributed by atoms with Crippen LogP contribution >= 0.6 is 0 Å².